The van der Waals surface area contributed by atoms with Gasteiger partial charge >= 0.3 is 6.18 Å². The van der Waals surface area contributed by atoms with Crippen LogP contribution < -0.4 is 10.6 Å². The molecule has 0 aliphatic carbocycles. The number of hydrogen-bond acceptors (Lipinski definition) is 6. The first kappa shape index (κ1) is 29.2. The molecule has 7 nitrogen and oxygen atoms in total. The Hall–Kier alpha value is -2.41. The van der Waals surface area contributed by atoms with E-state index in [1.54, 1.807) is 49.6 Å². The van der Waals surface area contributed by atoms with Crippen LogP contribution in [0.5, 0.6) is 0 Å². The summed E-state index contributed by atoms with van der Waals surface area (Å²) in [6.07, 6.45) is -5.30. The lowest BCUT2D eigenvalue weighted by molar-refractivity contribution is -0.136. The molecule has 0 saturated heterocycles. The molecule has 0 bridgehead atoms. The van der Waals surface area contributed by atoms with Crippen LogP contribution in [0.25, 0.3) is 0 Å². The summed E-state index contributed by atoms with van der Waals surface area (Å²) in [6.45, 7) is 7.09. The molecule has 2 heterocycles. The number of nitrogens with one attached hydrogen (secondary N) is 2. The minimum atomic E-state index is -4.37. The van der Waals surface area contributed by atoms with E-state index >= 15 is 0 Å². The van der Waals surface area contributed by atoms with Gasteiger partial charge in [0.05, 0.1) is 12.0 Å². The highest BCUT2D eigenvalue weighted by Gasteiger charge is 2.41. The monoisotopic (exact) mass is 576 g/mol. The highest BCUT2D eigenvalue weighted by molar-refractivity contribution is 7.91. The average Bonchev–Trinajstić information content (AvgIpc) is 3.45. The number of nitrogens with zero attached hydrogens (tertiary/aromatic N) is 2. The third kappa shape index (κ3) is 7.79. The minimum absolute atomic E-state index is 0.0886. The second-order valence-corrected chi connectivity index (χ2v) is 12.7. The van der Waals surface area contributed by atoms with Crippen molar-refractivity contribution in [3.05, 3.63) is 64.5 Å². The topological polar surface area (TPSA) is 90.9 Å². The summed E-state index contributed by atoms with van der Waals surface area (Å²) < 4.78 is 65.5. The van der Waals surface area contributed by atoms with E-state index in [-0.39, 0.29) is 23.7 Å². The van der Waals surface area contributed by atoms with Crippen LogP contribution in [0.15, 0.2) is 63.1 Å². The van der Waals surface area contributed by atoms with Crippen molar-refractivity contribution >= 4 is 44.7 Å². The fourth-order valence-corrected chi connectivity index (χ4v) is 6.38. The van der Waals surface area contributed by atoms with Crippen LogP contribution in [0.4, 0.5) is 13.2 Å². The molecule has 1 atom stereocenters. The Morgan fingerprint density at radius 3 is 2.54 bits per heavy atom. The van der Waals surface area contributed by atoms with Crippen molar-refractivity contribution in [1.82, 2.24) is 14.9 Å². The molecule has 3 rings (SSSR count). The Labute approximate surface area is 223 Å². The number of amidine groups is 1. The molecule has 1 aliphatic rings. The molecule has 2 N–H and O–H groups in total. The van der Waals surface area contributed by atoms with Gasteiger partial charge in [0.2, 0.25) is 5.91 Å². The molecule has 13 heteroatoms. The molecule has 0 fully saturated rings. The maximum atomic E-state index is 13.3. The van der Waals surface area contributed by atoms with Crippen molar-refractivity contribution in [3.63, 3.8) is 0 Å². The highest BCUT2D eigenvalue weighted by atomic mass is 35.5. The van der Waals surface area contributed by atoms with Gasteiger partial charge in [0.1, 0.15) is 10.0 Å². The minimum Gasteiger partial charge on any atom is -0.363 e. The Morgan fingerprint density at radius 2 is 1.95 bits per heavy atom. The lowest BCUT2D eigenvalue weighted by Gasteiger charge is -2.26. The van der Waals surface area contributed by atoms with Crippen LogP contribution in [0.3, 0.4) is 0 Å². The van der Waals surface area contributed by atoms with Gasteiger partial charge in [-0.2, -0.15) is 17.5 Å². The fourth-order valence-electron chi connectivity index (χ4n) is 3.68. The van der Waals surface area contributed by atoms with Gasteiger partial charge in [-0.05, 0) is 55.0 Å². The van der Waals surface area contributed by atoms with Crippen LogP contribution in [-0.2, 0) is 21.4 Å². The summed E-state index contributed by atoms with van der Waals surface area (Å²) in [7, 11) is -3.79. The molecule has 202 valence electrons. The van der Waals surface area contributed by atoms with E-state index in [1.165, 1.54) is 10.4 Å². The van der Waals surface area contributed by atoms with E-state index in [0.717, 1.165) is 16.9 Å². The van der Waals surface area contributed by atoms with E-state index in [1.807, 2.05) is 0 Å². The number of thiophene rings is 1. The van der Waals surface area contributed by atoms with E-state index in [9.17, 15) is 26.4 Å². The molecular formula is C24H28ClF3N4O3S2. The Balaban J connectivity index is 1.71. The van der Waals surface area contributed by atoms with Gasteiger partial charge in [0, 0.05) is 24.7 Å². The summed E-state index contributed by atoms with van der Waals surface area (Å²) >= 11 is 7.08. The first-order valence-corrected chi connectivity index (χ1v) is 14.1. The molecule has 0 saturated carbocycles. The van der Waals surface area contributed by atoms with Crippen LogP contribution >= 0.6 is 22.9 Å². The lowest BCUT2D eigenvalue weighted by atomic mass is 9.96. The zero-order chi connectivity index (χ0) is 27.4. The smallest absolute Gasteiger partial charge is 0.363 e. The second kappa shape index (κ2) is 11.5. The molecule has 0 spiro atoms. The molecule has 1 aliphatic heterocycles. The van der Waals surface area contributed by atoms with Gasteiger partial charge in [-0.15, -0.1) is 11.3 Å². The summed E-state index contributed by atoms with van der Waals surface area (Å²) in [5.41, 5.74) is 0.358. The molecule has 2 aromatic rings. The molecule has 0 unspecified atom stereocenters. The number of carbonyl (C=O) groups is 1. The van der Waals surface area contributed by atoms with Crippen molar-refractivity contribution in [1.29, 1.82) is 0 Å². The largest absolute Gasteiger partial charge is 0.390 e. The number of amides is 1. The predicted octanol–water partition coefficient (Wildman–Crippen LogP) is 4.76. The van der Waals surface area contributed by atoms with Gasteiger partial charge in [-0.3, -0.25) is 9.79 Å². The summed E-state index contributed by atoms with van der Waals surface area (Å²) in [5, 5.41) is 7.60. The maximum Gasteiger partial charge on any atom is 0.390 e. The zero-order valence-corrected chi connectivity index (χ0v) is 22.7. The van der Waals surface area contributed by atoms with Gasteiger partial charge < -0.3 is 10.6 Å². The molecule has 0 radical (unpaired) electrons. The molecule has 37 heavy (non-hydrogen) atoms. The van der Waals surface area contributed by atoms with Gasteiger partial charge in [0.25, 0.3) is 10.0 Å². The van der Waals surface area contributed by atoms with E-state index in [0.29, 0.717) is 16.4 Å². The number of carbonyl (C=O) groups excluding carboxylic acids is 1. The SMILES string of the molecule is C=C(CCN(Cc1ccc(Cl)cc1)S(=O)(=O)c1cccs1)C1=N[C@@H](C(=O)NCCC(F)(F)F)C(C)(C)N1. The maximum absolute atomic E-state index is 13.3. The van der Waals surface area contributed by atoms with E-state index in [2.05, 4.69) is 22.2 Å². The summed E-state index contributed by atoms with van der Waals surface area (Å²) in [5.74, 6) is -0.310. The van der Waals surface area contributed by atoms with Crippen molar-refractivity contribution in [2.24, 2.45) is 4.99 Å². The average molecular weight is 577 g/mol. The van der Waals surface area contributed by atoms with Crippen LogP contribution in [0, 0.1) is 0 Å². The number of benzene rings is 1. The number of sulfonamides is 1. The zero-order valence-electron chi connectivity index (χ0n) is 20.3. The van der Waals surface area contributed by atoms with Crippen molar-refractivity contribution < 1.29 is 26.4 Å². The van der Waals surface area contributed by atoms with Crippen molar-refractivity contribution in [2.75, 3.05) is 13.1 Å². The number of alkyl halides is 3. The molecular weight excluding hydrogens is 549 g/mol. The number of halogens is 4. The van der Waals surface area contributed by atoms with Gasteiger partial charge in [-0.25, -0.2) is 8.42 Å². The third-order valence-corrected chi connectivity index (χ3v) is 9.17. The first-order valence-electron chi connectivity index (χ1n) is 11.4. The Kier molecular flexibility index (Phi) is 9.10. The van der Waals surface area contributed by atoms with Crippen LogP contribution in [-0.4, -0.2) is 55.3 Å². The Bertz CT molecular complexity index is 1250. The molecule has 1 aromatic carbocycles. The van der Waals surface area contributed by atoms with Crippen LogP contribution in [0.1, 0.15) is 32.3 Å². The van der Waals surface area contributed by atoms with Crippen molar-refractivity contribution in [3.8, 4) is 0 Å². The van der Waals surface area contributed by atoms with E-state index < -0.39 is 46.7 Å². The number of rotatable bonds is 11. The van der Waals surface area contributed by atoms with Gasteiger partial charge in [0.15, 0.2) is 6.04 Å². The summed E-state index contributed by atoms with van der Waals surface area (Å²) in [6, 6.07) is 9.11. The quantitative estimate of drug-likeness (QED) is 0.404. The first-order chi connectivity index (χ1) is 17.2. The highest BCUT2D eigenvalue weighted by Crippen LogP contribution is 2.26. The van der Waals surface area contributed by atoms with Crippen molar-refractivity contribution in [2.45, 2.75) is 55.2 Å². The van der Waals surface area contributed by atoms with Gasteiger partial charge in [-0.1, -0.05) is 36.4 Å². The van der Waals surface area contributed by atoms with Crippen LogP contribution in [0.2, 0.25) is 5.02 Å². The fraction of sp³-hybridized carbons (Fsp3) is 0.417. The second-order valence-electron chi connectivity index (χ2n) is 9.13. The normalized spacial score (nSPS) is 17.4. The number of hydrogen-bond donors (Lipinski definition) is 2. The third-order valence-electron chi connectivity index (χ3n) is 5.70. The molecule has 1 amide bonds. The standard InChI is InChI=1S/C24H28ClF3N4O3S2/c1-16(21-30-20(23(2,3)31-21)22(33)29-12-11-24(26,27)28)10-13-32(15-17-6-8-18(25)9-7-17)37(34,35)19-5-4-14-36-19/h4-9,14,20H,1,10-13,15H2,2-3H3,(H,29,33)(H,30,31)/t20-/m0/s1. The molecule has 1 aromatic heterocycles. The number of aliphatic imine (C=N–C) groups is 1. The Morgan fingerprint density at radius 1 is 1.27 bits per heavy atom. The predicted molar refractivity (Wildman–Crippen MR) is 139 cm³/mol. The van der Waals surface area contributed by atoms with E-state index in [4.69, 9.17) is 11.6 Å². The summed E-state index contributed by atoms with van der Waals surface area (Å²) in [4.78, 5) is 16.9. The lowest BCUT2D eigenvalue weighted by Crippen LogP contribution is -2.51.